The van der Waals surface area contributed by atoms with E-state index in [9.17, 15) is 9.50 Å². The molecule has 2 aromatic carbocycles. The van der Waals surface area contributed by atoms with Crippen molar-refractivity contribution in [1.29, 1.82) is 0 Å². The summed E-state index contributed by atoms with van der Waals surface area (Å²) in [6.07, 6.45) is 2.52. The largest absolute Gasteiger partial charge is 0.491 e. The quantitative estimate of drug-likeness (QED) is 0.417. The van der Waals surface area contributed by atoms with Crippen LogP contribution in [0.4, 0.5) is 10.1 Å². The van der Waals surface area contributed by atoms with Crippen LogP contribution < -0.4 is 15.0 Å². The summed E-state index contributed by atoms with van der Waals surface area (Å²) >= 11 is 0. The van der Waals surface area contributed by atoms with Crippen molar-refractivity contribution in [3.63, 3.8) is 0 Å². The fraction of sp³-hybridized carbons (Fsp3) is 0.280. The first-order valence-corrected chi connectivity index (χ1v) is 11.2. The second-order valence-electron chi connectivity index (χ2n) is 8.57. The van der Waals surface area contributed by atoms with Crippen molar-refractivity contribution in [2.45, 2.75) is 18.5 Å². The molecule has 33 heavy (non-hydrogen) atoms. The Morgan fingerprint density at radius 3 is 3.00 bits per heavy atom. The van der Waals surface area contributed by atoms with Gasteiger partial charge in [-0.2, -0.15) is 5.10 Å². The summed E-state index contributed by atoms with van der Waals surface area (Å²) in [5, 5.41) is 22.0. The van der Waals surface area contributed by atoms with Gasteiger partial charge in [-0.3, -0.25) is 10.1 Å². The molecule has 8 heteroatoms. The lowest BCUT2D eigenvalue weighted by atomic mass is 10.0. The van der Waals surface area contributed by atoms with Gasteiger partial charge in [0.15, 0.2) is 0 Å². The molecule has 168 valence electrons. The summed E-state index contributed by atoms with van der Waals surface area (Å²) in [7, 11) is 0. The molecule has 6 rings (SSSR count). The number of anilines is 1. The molecule has 7 nitrogen and oxygen atoms in total. The van der Waals surface area contributed by atoms with Gasteiger partial charge in [-0.1, -0.05) is 18.2 Å². The van der Waals surface area contributed by atoms with Crippen LogP contribution in [0.1, 0.15) is 6.42 Å². The van der Waals surface area contributed by atoms with Crippen molar-refractivity contribution in [3.05, 3.63) is 60.5 Å². The Bertz CT molecular complexity index is 1320. The van der Waals surface area contributed by atoms with E-state index in [0.717, 1.165) is 40.8 Å². The Balaban J connectivity index is 1.53. The highest BCUT2D eigenvalue weighted by Crippen LogP contribution is 2.36. The predicted octanol–water partition coefficient (Wildman–Crippen LogP) is 3.35. The molecular formula is C25H24FN5O2. The summed E-state index contributed by atoms with van der Waals surface area (Å²) in [6.45, 7) is 1.89. The molecule has 2 atom stereocenters. The predicted molar refractivity (Wildman–Crippen MR) is 125 cm³/mol. The van der Waals surface area contributed by atoms with E-state index in [1.165, 1.54) is 6.07 Å². The van der Waals surface area contributed by atoms with Crippen molar-refractivity contribution in [3.8, 4) is 28.3 Å². The number of rotatable bonds is 1. The molecule has 0 saturated carbocycles. The maximum atomic E-state index is 14.9. The van der Waals surface area contributed by atoms with Crippen LogP contribution in [0.5, 0.6) is 5.75 Å². The van der Waals surface area contributed by atoms with E-state index in [-0.39, 0.29) is 24.5 Å². The number of ether oxygens (including phenoxy) is 1. The minimum Gasteiger partial charge on any atom is -0.491 e. The lowest BCUT2D eigenvalue weighted by Gasteiger charge is -2.25. The zero-order valence-corrected chi connectivity index (χ0v) is 18.0. The molecule has 0 radical (unpaired) electrons. The summed E-state index contributed by atoms with van der Waals surface area (Å²) in [5.74, 6) is 0.0850. The molecule has 2 aliphatic rings. The van der Waals surface area contributed by atoms with Gasteiger partial charge in [0.1, 0.15) is 23.9 Å². The van der Waals surface area contributed by atoms with Gasteiger partial charge in [-0.25, -0.2) is 4.39 Å². The minimum absolute atomic E-state index is 0.0379. The summed E-state index contributed by atoms with van der Waals surface area (Å²) in [6, 6.07) is 15.1. The molecular weight excluding hydrogens is 421 g/mol. The third-order valence-electron chi connectivity index (χ3n) is 6.55. The number of fused-ring (bicyclic) bond motifs is 9. The molecule has 2 aromatic heterocycles. The first kappa shape index (κ1) is 20.1. The number of aromatic amines is 1. The number of hydrogen-bond acceptors (Lipinski definition) is 6. The molecule has 1 fully saturated rings. The number of aliphatic hydroxyl groups excluding tert-OH is 1. The molecule has 4 aromatic rings. The Morgan fingerprint density at radius 1 is 1.18 bits per heavy atom. The van der Waals surface area contributed by atoms with Crippen LogP contribution in [0.15, 0.2) is 54.7 Å². The van der Waals surface area contributed by atoms with E-state index < -0.39 is 0 Å². The topological polar surface area (TPSA) is 86.3 Å². The standard InChI is InChI=1S/C25H24FN5O2/c26-20-5-2-6-23-24(20)21-11-19-22(12-28-21)29-30-25(19)15-3-1-4-17(9-15)31-13-16(10-18(31)14-32)27-7-8-33-23/h1-6,9,11-12,16,18,27,32H,7-8,10,13-14H2,(H,29,30)/t16-,18+/m0/s1. The van der Waals surface area contributed by atoms with Crippen LogP contribution >= 0.6 is 0 Å². The summed E-state index contributed by atoms with van der Waals surface area (Å²) in [5.41, 5.74) is 4.38. The van der Waals surface area contributed by atoms with Crippen LogP contribution in [-0.2, 0) is 0 Å². The Labute approximate surface area is 190 Å². The lowest BCUT2D eigenvalue weighted by Crippen LogP contribution is -2.35. The van der Waals surface area contributed by atoms with Crippen molar-refractivity contribution in [2.75, 3.05) is 31.2 Å². The second kappa shape index (κ2) is 8.13. The molecule has 6 bridgehead atoms. The average Bonchev–Trinajstić information content (AvgIpc) is 3.45. The van der Waals surface area contributed by atoms with Gasteiger partial charge in [0.25, 0.3) is 0 Å². The zero-order valence-electron chi connectivity index (χ0n) is 18.0. The molecule has 1 saturated heterocycles. The van der Waals surface area contributed by atoms with Crippen molar-refractivity contribution in [2.24, 2.45) is 0 Å². The number of aliphatic hydroxyl groups is 1. The number of pyridine rings is 1. The van der Waals surface area contributed by atoms with Gasteiger partial charge in [-0.05, 0) is 36.8 Å². The van der Waals surface area contributed by atoms with Crippen molar-refractivity contribution in [1.82, 2.24) is 20.5 Å². The van der Waals surface area contributed by atoms with Gasteiger partial charge >= 0.3 is 0 Å². The molecule has 0 amide bonds. The molecule has 0 unspecified atom stereocenters. The number of nitrogens with one attached hydrogen (secondary N) is 2. The van der Waals surface area contributed by atoms with Gasteiger partial charge in [0.2, 0.25) is 0 Å². The van der Waals surface area contributed by atoms with E-state index in [1.807, 2.05) is 18.2 Å². The third-order valence-corrected chi connectivity index (χ3v) is 6.55. The molecule has 2 aliphatic heterocycles. The Morgan fingerprint density at radius 2 is 2.09 bits per heavy atom. The monoisotopic (exact) mass is 445 g/mol. The number of aromatic nitrogens is 3. The van der Waals surface area contributed by atoms with Crippen LogP contribution in [0, 0.1) is 5.82 Å². The van der Waals surface area contributed by atoms with E-state index in [2.05, 4.69) is 37.5 Å². The summed E-state index contributed by atoms with van der Waals surface area (Å²) < 4.78 is 20.9. The van der Waals surface area contributed by atoms with Crippen molar-refractivity contribution < 1.29 is 14.2 Å². The van der Waals surface area contributed by atoms with Gasteiger partial charge in [0, 0.05) is 35.8 Å². The molecule has 4 heterocycles. The molecule has 3 N–H and O–H groups in total. The smallest absolute Gasteiger partial charge is 0.136 e. The van der Waals surface area contributed by atoms with Gasteiger partial charge in [0.05, 0.1) is 35.6 Å². The number of nitrogens with zero attached hydrogens (tertiary/aromatic N) is 3. The van der Waals surface area contributed by atoms with Crippen LogP contribution in [0.2, 0.25) is 0 Å². The second-order valence-corrected chi connectivity index (χ2v) is 8.57. The van der Waals surface area contributed by atoms with Crippen LogP contribution in [0.25, 0.3) is 33.4 Å². The normalized spacial score (nSPS) is 20.1. The average molecular weight is 445 g/mol. The fourth-order valence-electron chi connectivity index (χ4n) is 4.96. The Hall–Kier alpha value is -3.49. The van der Waals surface area contributed by atoms with E-state index in [4.69, 9.17) is 4.74 Å². The van der Waals surface area contributed by atoms with Crippen LogP contribution in [0.3, 0.4) is 0 Å². The maximum absolute atomic E-state index is 14.9. The number of halogens is 1. The number of hydrogen-bond donors (Lipinski definition) is 3. The number of benzene rings is 2. The fourth-order valence-corrected chi connectivity index (χ4v) is 4.96. The molecule has 0 spiro atoms. The highest BCUT2D eigenvalue weighted by Gasteiger charge is 2.32. The van der Waals surface area contributed by atoms with Crippen molar-refractivity contribution >= 4 is 16.6 Å². The van der Waals surface area contributed by atoms with E-state index >= 15 is 0 Å². The minimum atomic E-state index is -0.377. The molecule has 0 aliphatic carbocycles. The highest BCUT2D eigenvalue weighted by atomic mass is 19.1. The zero-order chi connectivity index (χ0) is 22.4. The van der Waals surface area contributed by atoms with Crippen LogP contribution in [-0.4, -0.2) is 58.7 Å². The third kappa shape index (κ3) is 3.51. The van der Waals surface area contributed by atoms with E-state index in [0.29, 0.717) is 30.2 Å². The van der Waals surface area contributed by atoms with Gasteiger partial charge in [-0.15, -0.1) is 0 Å². The first-order valence-electron chi connectivity index (χ1n) is 11.2. The van der Waals surface area contributed by atoms with E-state index in [1.54, 1.807) is 18.3 Å². The maximum Gasteiger partial charge on any atom is 0.136 e. The summed E-state index contributed by atoms with van der Waals surface area (Å²) in [4.78, 5) is 6.74. The first-order chi connectivity index (χ1) is 16.2. The lowest BCUT2D eigenvalue weighted by molar-refractivity contribution is 0.262. The highest BCUT2D eigenvalue weighted by molar-refractivity contribution is 5.95. The Kier molecular flexibility index (Phi) is 4.96. The van der Waals surface area contributed by atoms with Gasteiger partial charge < -0.3 is 20.1 Å². The number of H-pyrrole nitrogens is 1. The SMILES string of the molecule is OC[C@H]1C[C@H]2CN1c1cccc(c1)-c1n[nH]c3cnc(cc13)-c1c(F)cccc1OCCN2.